The van der Waals surface area contributed by atoms with Crippen LogP contribution in [0.25, 0.3) is 0 Å². The van der Waals surface area contributed by atoms with Gasteiger partial charge < -0.3 is 14.1 Å². The van der Waals surface area contributed by atoms with E-state index in [2.05, 4.69) is 10.2 Å². The number of hydrogen-bond donors (Lipinski definition) is 0. The van der Waals surface area contributed by atoms with Crippen molar-refractivity contribution in [3.8, 4) is 0 Å². The number of aryl methyl sites for hydroxylation is 2. The number of carbonyl (C=O) groups excluding carboxylic acids is 1. The molecule has 0 spiro atoms. The molecule has 0 aromatic carbocycles. The van der Waals surface area contributed by atoms with Gasteiger partial charge in [0.25, 0.3) is 5.91 Å². The van der Waals surface area contributed by atoms with Gasteiger partial charge in [-0.25, -0.2) is 0 Å². The standard InChI is InChI=1S/C15H17N3O3S/c1-8-3-4-13(22-8)15(19)18-5-10-11(7-20-12(10)6-18)14-17-16-9(2)21-14/h3-4,10-12H,5-7H2,1-2H3/t10-,11+,12-/m1/s1. The van der Waals surface area contributed by atoms with Crippen molar-refractivity contribution in [2.24, 2.45) is 5.92 Å². The van der Waals surface area contributed by atoms with Gasteiger partial charge in [-0.1, -0.05) is 0 Å². The van der Waals surface area contributed by atoms with Gasteiger partial charge in [0.2, 0.25) is 11.8 Å². The zero-order valence-electron chi connectivity index (χ0n) is 12.5. The van der Waals surface area contributed by atoms with E-state index in [4.69, 9.17) is 9.15 Å². The first-order valence-corrected chi connectivity index (χ1v) is 8.21. The molecule has 0 bridgehead atoms. The summed E-state index contributed by atoms with van der Waals surface area (Å²) in [6.07, 6.45) is 0.0715. The molecule has 116 valence electrons. The zero-order valence-corrected chi connectivity index (χ0v) is 13.3. The van der Waals surface area contributed by atoms with Crippen molar-refractivity contribution in [3.05, 3.63) is 33.7 Å². The maximum Gasteiger partial charge on any atom is 0.264 e. The molecule has 2 fully saturated rings. The average molecular weight is 319 g/mol. The summed E-state index contributed by atoms with van der Waals surface area (Å²) in [6.45, 7) is 5.72. The number of aromatic nitrogens is 2. The van der Waals surface area contributed by atoms with Crippen LogP contribution in [0.1, 0.15) is 32.2 Å². The number of carbonyl (C=O) groups is 1. The summed E-state index contributed by atoms with van der Waals surface area (Å²) >= 11 is 1.54. The van der Waals surface area contributed by atoms with Gasteiger partial charge in [0.1, 0.15) is 0 Å². The SMILES string of the molecule is Cc1nnc([C@H]2CO[C@@H]3CN(C(=O)c4ccc(C)s4)C[C@H]23)o1. The van der Waals surface area contributed by atoms with Crippen LogP contribution in [-0.2, 0) is 4.74 Å². The molecule has 6 nitrogen and oxygen atoms in total. The Morgan fingerprint density at radius 3 is 2.86 bits per heavy atom. The molecule has 0 saturated carbocycles. The van der Waals surface area contributed by atoms with Crippen molar-refractivity contribution in [2.75, 3.05) is 19.7 Å². The quantitative estimate of drug-likeness (QED) is 0.847. The first-order valence-electron chi connectivity index (χ1n) is 7.39. The highest BCUT2D eigenvalue weighted by atomic mass is 32.1. The lowest BCUT2D eigenvalue weighted by molar-refractivity contribution is 0.0690. The topological polar surface area (TPSA) is 68.5 Å². The van der Waals surface area contributed by atoms with E-state index in [1.54, 1.807) is 6.92 Å². The van der Waals surface area contributed by atoms with Crippen molar-refractivity contribution in [1.82, 2.24) is 15.1 Å². The van der Waals surface area contributed by atoms with Crippen molar-refractivity contribution in [1.29, 1.82) is 0 Å². The molecular formula is C15H17N3O3S. The summed E-state index contributed by atoms with van der Waals surface area (Å²) in [7, 11) is 0. The average Bonchev–Trinajstić information content (AvgIpc) is 3.21. The van der Waals surface area contributed by atoms with E-state index in [9.17, 15) is 4.79 Å². The number of hydrogen-bond acceptors (Lipinski definition) is 6. The van der Waals surface area contributed by atoms with Crippen LogP contribution in [-0.4, -0.2) is 46.8 Å². The van der Waals surface area contributed by atoms with E-state index in [-0.39, 0.29) is 23.8 Å². The highest BCUT2D eigenvalue weighted by Gasteiger charge is 2.47. The Hall–Kier alpha value is -1.73. The van der Waals surface area contributed by atoms with Crippen LogP contribution in [0.5, 0.6) is 0 Å². The van der Waals surface area contributed by atoms with Crippen LogP contribution in [0.2, 0.25) is 0 Å². The van der Waals surface area contributed by atoms with E-state index in [0.717, 1.165) is 9.75 Å². The zero-order chi connectivity index (χ0) is 15.3. The molecule has 22 heavy (non-hydrogen) atoms. The second-order valence-electron chi connectivity index (χ2n) is 5.92. The lowest BCUT2D eigenvalue weighted by Gasteiger charge is -2.17. The minimum atomic E-state index is 0.0715. The molecule has 0 unspecified atom stereocenters. The number of thiophene rings is 1. The first-order chi connectivity index (χ1) is 10.6. The normalized spacial score (nSPS) is 27.4. The molecule has 4 heterocycles. The fraction of sp³-hybridized carbons (Fsp3) is 0.533. The maximum absolute atomic E-state index is 12.6. The third kappa shape index (κ3) is 2.24. The van der Waals surface area contributed by atoms with Gasteiger partial charge >= 0.3 is 0 Å². The van der Waals surface area contributed by atoms with Crippen LogP contribution in [0.4, 0.5) is 0 Å². The molecule has 7 heteroatoms. The lowest BCUT2D eigenvalue weighted by Crippen LogP contribution is -2.30. The predicted molar refractivity (Wildman–Crippen MR) is 80.0 cm³/mol. The van der Waals surface area contributed by atoms with Crippen molar-refractivity contribution < 1.29 is 13.9 Å². The van der Waals surface area contributed by atoms with E-state index >= 15 is 0 Å². The van der Waals surface area contributed by atoms with Gasteiger partial charge in [-0.05, 0) is 19.1 Å². The molecule has 4 rings (SSSR count). The lowest BCUT2D eigenvalue weighted by atomic mass is 9.93. The summed E-state index contributed by atoms with van der Waals surface area (Å²) in [5.74, 6) is 1.63. The Labute approximate surface area is 132 Å². The van der Waals surface area contributed by atoms with Gasteiger partial charge in [0.05, 0.1) is 23.5 Å². The molecule has 1 amide bonds. The number of likely N-dealkylation sites (tertiary alicyclic amines) is 1. The maximum atomic E-state index is 12.6. The third-order valence-electron chi connectivity index (χ3n) is 4.41. The minimum absolute atomic E-state index is 0.0715. The van der Waals surface area contributed by atoms with Gasteiger partial charge in [0.15, 0.2) is 0 Å². The third-order valence-corrected chi connectivity index (χ3v) is 5.40. The molecule has 2 saturated heterocycles. The van der Waals surface area contributed by atoms with Crippen LogP contribution < -0.4 is 0 Å². The Morgan fingerprint density at radius 2 is 2.18 bits per heavy atom. The van der Waals surface area contributed by atoms with Gasteiger partial charge in [-0.3, -0.25) is 4.79 Å². The van der Waals surface area contributed by atoms with Gasteiger partial charge in [-0.15, -0.1) is 21.5 Å². The van der Waals surface area contributed by atoms with E-state index in [1.807, 2.05) is 24.0 Å². The van der Waals surface area contributed by atoms with Crippen molar-refractivity contribution >= 4 is 17.2 Å². The monoisotopic (exact) mass is 319 g/mol. The van der Waals surface area contributed by atoms with E-state index in [0.29, 0.717) is 31.5 Å². The Morgan fingerprint density at radius 1 is 1.32 bits per heavy atom. The summed E-state index contributed by atoms with van der Waals surface area (Å²) < 4.78 is 11.4. The molecule has 0 N–H and O–H groups in total. The van der Waals surface area contributed by atoms with Gasteiger partial charge in [-0.2, -0.15) is 0 Å². The highest BCUT2D eigenvalue weighted by Crippen LogP contribution is 2.39. The Bertz CT molecular complexity index is 710. The summed E-state index contributed by atoms with van der Waals surface area (Å²) in [4.78, 5) is 16.4. The predicted octanol–water partition coefficient (Wildman–Crippen LogP) is 2.00. The summed E-state index contributed by atoms with van der Waals surface area (Å²) in [6, 6.07) is 3.88. The number of rotatable bonds is 2. The van der Waals surface area contributed by atoms with Crippen LogP contribution in [0.3, 0.4) is 0 Å². The van der Waals surface area contributed by atoms with Crippen molar-refractivity contribution in [2.45, 2.75) is 25.9 Å². The molecule has 3 atom stereocenters. The summed E-state index contributed by atoms with van der Waals surface area (Å²) in [5, 5.41) is 8.02. The number of ether oxygens (including phenoxy) is 1. The Kier molecular flexibility index (Phi) is 3.27. The van der Waals surface area contributed by atoms with E-state index in [1.165, 1.54) is 11.3 Å². The second kappa shape index (κ2) is 5.17. The molecule has 2 aliphatic heterocycles. The van der Waals surface area contributed by atoms with Crippen LogP contribution >= 0.6 is 11.3 Å². The van der Waals surface area contributed by atoms with Crippen LogP contribution in [0.15, 0.2) is 16.5 Å². The largest absolute Gasteiger partial charge is 0.425 e. The fourth-order valence-corrected chi connectivity index (χ4v) is 4.14. The molecule has 2 aromatic rings. The van der Waals surface area contributed by atoms with E-state index < -0.39 is 0 Å². The highest BCUT2D eigenvalue weighted by molar-refractivity contribution is 7.13. The fourth-order valence-electron chi connectivity index (χ4n) is 3.30. The molecule has 0 aliphatic carbocycles. The molecule has 2 aliphatic rings. The second-order valence-corrected chi connectivity index (χ2v) is 7.21. The number of fused-ring (bicyclic) bond motifs is 1. The minimum Gasteiger partial charge on any atom is -0.425 e. The number of amides is 1. The Balaban J connectivity index is 1.51. The van der Waals surface area contributed by atoms with Crippen molar-refractivity contribution in [3.63, 3.8) is 0 Å². The number of nitrogens with zero attached hydrogens (tertiary/aromatic N) is 3. The smallest absolute Gasteiger partial charge is 0.264 e. The molecular weight excluding hydrogens is 302 g/mol. The van der Waals surface area contributed by atoms with Crippen LogP contribution in [0, 0.1) is 19.8 Å². The molecule has 2 aromatic heterocycles. The summed E-state index contributed by atoms with van der Waals surface area (Å²) in [5.41, 5.74) is 0. The first kappa shape index (κ1) is 13.9. The molecule has 0 radical (unpaired) electrons. The van der Waals surface area contributed by atoms with Gasteiger partial charge in [0, 0.05) is 30.8 Å².